The van der Waals surface area contributed by atoms with Gasteiger partial charge in [0, 0.05) is 25.0 Å². The van der Waals surface area contributed by atoms with Crippen LogP contribution in [-0.2, 0) is 11.3 Å². The Kier molecular flexibility index (Phi) is 3.99. The summed E-state index contributed by atoms with van der Waals surface area (Å²) < 4.78 is 8.60. The molecule has 2 unspecified atom stereocenters. The normalized spacial score (nSPS) is 24.7. The lowest BCUT2D eigenvalue weighted by Crippen LogP contribution is -2.21. The van der Waals surface area contributed by atoms with Crippen molar-refractivity contribution >= 4 is 12.2 Å². The van der Waals surface area contributed by atoms with Gasteiger partial charge in [-0.3, -0.25) is 5.10 Å². The third-order valence-electron chi connectivity index (χ3n) is 3.47. The number of H-pyrrole nitrogens is 1. The van der Waals surface area contributed by atoms with Crippen LogP contribution in [-0.4, -0.2) is 27.5 Å². The molecule has 1 aliphatic heterocycles. The van der Waals surface area contributed by atoms with E-state index in [9.17, 15) is 0 Å². The molecule has 0 aromatic carbocycles. The van der Waals surface area contributed by atoms with Crippen LogP contribution in [0, 0.1) is 10.7 Å². The topological polar surface area (TPSA) is 42.8 Å². The summed E-state index contributed by atoms with van der Waals surface area (Å²) in [6.45, 7) is 8.28. The smallest absolute Gasteiger partial charge is 0.195 e. The minimum Gasteiger partial charge on any atom is -0.378 e. The Labute approximate surface area is 107 Å². The molecule has 2 rings (SSSR count). The van der Waals surface area contributed by atoms with E-state index in [0.717, 1.165) is 36.6 Å². The largest absolute Gasteiger partial charge is 0.378 e. The predicted octanol–water partition coefficient (Wildman–Crippen LogP) is 2.88. The van der Waals surface area contributed by atoms with Crippen LogP contribution in [0.2, 0.25) is 0 Å². The van der Waals surface area contributed by atoms with E-state index < -0.39 is 0 Å². The van der Waals surface area contributed by atoms with E-state index in [0.29, 0.717) is 17.9 Å². The van der Waals surface area contributed by atoms with Crippen LogP contribution >= 0.6 is 12.2 Å². The van der Waals surface area contributed by atoms with Crippen LogP contribution in [0.4, 0.5) is 0 Å². The second-order valence-corrected chi connectivity index (χ2v) is 5.41. The zero-order valence-electron chi connectivity index (χ0n) is 10.8. The van der Waals surface area contributed by atoms with E-state index >= 15 is 0 Å². The van der Waals surface area contributed by atoms with Crippen molar-refractivity contribution in [2.24, 2.45) is 5.92 Å². The summed E-state index contributed by atoms with van der Waals surface area (Å²) in [7, 11) is 0. The number of aromatic nitrogens is 3. The summed E-state index contributed by atoms with van der Waals surface area (Å²) in [5, 5.41) is 7.21. The first-order valence-corrected chi connectivity index (χ1v) is 6.81. The van der Waals surface area contributed by atoms with Gasteiger partial charge in [-0.25, -0.2) is 0 Å². The molecule has 1 N–H and O–H groups in total. The number of hydrogen-bond donors (Lipinski definition) is 1. The van der Waals surface area contributed by atoms with Crippen LogP contribution in [0.3, 0.4) is 0 Å². The maximum atomic E-state index is 5.73. The highest BCUT2D eigenvalue weighted by Crippen LogP contribution is 2.26. The molecule has 1 aliphatic rings. The van der Waals surface area contributed by atoms with Crippen molar-refractivity contribution in [3.63, 3.8) is 0 Å². The van der Waals surface area contributed by atoms with Crippen LogP contribution in [0.25, 0.3) is 0 Å². The van der Waals surface area contributed by atoms with Crippen molar-refractivity contribution in [2.45, 2.75) is 52.2 Å². The van der Waals surface area contributed by atoms with Crippen LogP contribution in [0.5, 0.6) is 0 Å². The second kappa shape index (κ2) is 5.31. The van der Waals surface area contributed by atoms with Gasteiger partial charge in [-0.05, 0) is 25.1 Å². The minimum atomic E-state index is 0.381. The fourth-order valence-electron chi connectivity index (χ4n) is 2.53. The Hall–Kier alpha value is -0.680. The van der Waals surface area contributed by atoms with Gasteiger partial charge < -0.3 is 9.30 Å². The van der Waals surface area contributed by atoms with Gasteiger partial charge in [0.2, 0.25) is 0 Å². The number of nitrogens with zero attached hydrogens (tertiary/aromatic N) is 2. The molecular weight excluding hydrogens is 234 g/mol. The van der Waals surface area contributed by atoms with Crippen molar-refractivity contribution < 1.29 is 4.74 Å². The maximum absolute atomic E-state index is 5.73. The van der Waals surface area contributed by atoms with E-state index in [-0.39, 0.29) is 0 Å². The van der Waals surface area contributed by atoms with E-state index in [2.05, 4.69) is 35.5 Å². The summed E-state index contributed by atoms with van der Waals surface area (Å²) in [6.07, 6.45) is 2.59. The first kappa shape index (κ1) is 12.8. The third-order valence-corrected chi connectivity index (χ3v) is 3.78. The molecular formula is C12H21N3OS. The van der Waals surface area contributed by atoms with Crippen LogP contribution in [0.15, 0.2) is 0 Å². The van der Waals surface area contributed by atoms with Gasteiger partial charge in [-0.1, -0.05) is 20.8 Å². The molecule has 0 spiro atoms. The molecule has 0 radical (unpaired) electrons. The molecule has 1 aromatic rings. The highest BCUT2D eigenvalue weighted by molar-refractivity contribution is 7.71. The van der Waals surface area contributed by atoms with Gasteiger partial charge >= 0.3 is 0 Å². The van der Waals surface area contributed by atoms with E-state index in [1.807, 2.05) is 0 Å². The number of ether oxygens (including phenoxy) is 1. The summed E-state index contributed by atoms with van der Waals surface area (Å²) in [5.41, 5.74) is 0. The molecule has 0 aliphatic carbocycles. The number of rotatable bonds is 4. The zero-order chi connectivity index (χ0) is 12.4. The SMILES string of the molecule is CCC1OCCC1Cn1c(C(C)C)n[nH]c1=S. The first-order chi connectivity index (χ1) is 8.13. The highest BCUT2D eigenvalue weighted by atomic mass is 32.1. The number of aromatic amines is 1. The number of nitrogens with one attached hydrogen (secondary N) is 1. The van der Waals surface area contributed by atoms with Gasteiger partial charge in [0.25, 0.3) is 0 Å². The van der Waals surface area contributed by atoms with E-state index in [1.165, 1.54) is 0 Å². The van der Waals surface area contributed by atoms with Crippen molar-refractivity contribution in [2.75, 3.05) is 6.61 Å². The predicted molar refractivity (Wildman–Crippen MR) is 69.6 cm³/mol. The monoisotopic (exact) mass is 255 g/mol. The first-order valence-electron chi connectivity index (χ1n) is 6.40. The lowest BCUT2D eigenvalue weighted by Gasteiger charge is -2.18. The lowest BCUT2D eigenvalue weighted by molar-refractivity contribution is 0.0831. The molecule has 0 bridgehead atoms. The summed E-state index contributed by atoms with van der Waals surface area (Å²) >= 11 is 5.31. The third kappa shape index (κ3) is 2.60. The molecule has 0 amide bonds. The molecule has 0 saturated carbocycles. The molecule has 1 aromatic heterocycles. The van der Waals surface area contributed by atoms with Crippen molar-refractivity contribution in [3.05, 3.63) is 10.6 Å². The number of hydrogen-bond acceptors (Lipinski definition) is 3. The van der Waals surface area contributed by atoms with Crippen LogP contribution < -0.4 is 0 Å². The Morgan fingerprint density at radius 1 is 1.59 bits per heavy atom. The maximum Gasteiger partial charge on any atom is 0.195 e. The summed E-state index contributed by atoms with van der Waals surface area (Å²) in [4.78, 5) is 0. The van der Waals surface area contributed by atoms with Crippen LogP contribution in [0.1, 0.15) is 45.4 Å². The Balaban J connectivity index is 2.18. The van der Waals surface area contributed by atoms with E-state index in [1.54, 1.807) is 0 Å². The molecule has 2 heterocycles. The van der Waals surface area contributed by atoms with E-state index in [4.69, 9.17) is 17.0 Å². The van der Waals surface area contributed by atoms with Gasteiger partial charge in [0.1, 0.15) is 5.82 Å². The Morgan fingerprint density at radius 3 is 3.00 bits per heavy atom. The molecule has 1 saturated heterocycles. The van der Waals surface area contributed by atoms with Gasteiger partial charge in [0.05, 0.1) is 6.10 Å². The molecule has 2 atom stereocenters. The zero-order valence-corrected chi connectivity index (χ0v) is 11.6. The van der Waals surface area contributed by atoms with Crippen molar-refractivity contribution in [1.82, 2.24) is 14.8 Å². The summed E-state index contributed by atoms with van der Waals surface area (Å²) in [5.74, 6) is 2.02. The second-order valence-electron chi connectivity index (χ2n) is 5.02. The van der Waals surface area contributed by atoms with Gasteiger partial charge in [-0.15, -0.1) is 0 Å². The minimum absolute atomic E-state index is 0.381. The molecule has 17 heavy (non-hydrogen) atoms. The van der Waals surface area contributed by atoms with Crippen molar-refractivity contribution in [1.29, 1.82) is 0 Å². The molecule has 4 nitrogen and oxygen atoms in total. The van der Waals surface area contributed by atoms with Crippen molar-refractivity contribution in [3.8, 4) is 0 Å². The fourth-order valence-corrected chi connectivity index (χ4v) is 2.75. The molecule has 5 heteroatoms. The Morgan fingerprint density at radius 2 is 2.35 bits per heavy atom. The van der Waals surface area contributed by atoms with Gasteiger partial charge in [-0.2, -0.15) is 5.10 Å². The quantitative estimate of drug-likeness (QED) is 0.841. The average Bonchev–Trinajstić information content (AvgIpc) is 2.87. The molecule has 96 valence electrons. The average molecular weight is 255 g/mol. The fraction of sp³-hybridized carbons (Fsp3) is 0.833. The summed E-state index contributed by atoms with van der Waals surface area (Å²) in [6, 6.07) is 0. The highest BCUT2D eigenvalue weighted by Gasteiger charge is 2.28. The lowest BCUT2D eigenvalue weighted by atomic mass is 9.99. The standard InChI is InChI=1S/C12H21N3OS/c1-4-10-9(5-6-16-10)7-15-11(8(2)3)13-14-12(15)17/h8-10H,4-7H2,1-3H3,(H,14,17). The Bertz CT molecular complexity index is 424. The molecule has 1 fully saturated rings. The van der Waals surface area contributed by atoms with Gasteiger partial charge in [0.15, 0.2) is 4.77 Å².